The zero-order valence-electron chi connectivity index (χ0n) is 23.7. The van der Waals surface area contributed by atoms with E-state index in [0.29, 0.717) is 36.4 Å². The maximum Gasteiger partial charge on any atom is 0.257 e. The van der Waals surface area contributed by atoms with Gasteiger partial charge >= 0.3 is 0 Å². The Hall–Kier alpha value is -3.95. The molecular formula is C32H37F2N5O2. The van der Waals surface area contributed by atoms with Crippen molar-refractivity contribution in [2.24, 2.45) is 0 Å². The molecule has 0 atom stereocenters. The molecule has 1 aliphatic heterocycles. The third kappa shape index (κ3) is 6.86. The molecule has 7 nitrogen and oxygen atoms in total. The highest BCUT2D eigenvalue weighted by molar-refractivity contribution is 6.13. The number of nitrogens with one attached hydrogen (secondary N) is 4. The molecule has 1 aliphatic rings. The van der Waals surface area contributed by atoms with Crippen LogP contribution in [0, 0.1) is 11.6 Å². The summed E-state index contributed by atoms with van der Waals surface area (Å²) in [5, 5.41) is 10.9. The second-order valence-corrected chi connectivity index (χ2v) is 10.8. The normalized spacial score (nSPS) is 14.0. The molecular weight excluding hydrogens is 524 g/mol. The first-order valence-corrected chi connectivity index (χ1v) is 14.0. The van der Waals surface area contributed by atoms with E-state index in [1.807, 2.05) is 51.5 Å². The number of likely N-dealkylation sites (N-methyl/N-ethyl adjacent to an activating group) is 1. The number of aromatic amines is 1. The highest BCUT2D eigenvalue weighted by Gasteiger charge is 2.23. The Labute approximate surface area is 239 Å². The highest BCUT2D eigenvalue weighted by atomic mass is 19.1. The van der Waals surface area contributed by atoms with Gasteiger partial charge in [0.05, 0.1) is 22.6 Å². The predicted octanol–water partition coefficient (Wildman–Crippen LogP) is 6.03. The highest BCUT2D eigenvalue weighted by Crippen LogP contribution is 2.34. The van der Waals surface area contributed by atoms with E-state index < -0.39 is 11.6 Å². The van der Waals surface area contributed by atoms with Crippen molar-refractivity contribution in [1.82, 2.24) is 9.88 Å². The SMILES string of the molecule is CNc1c(CCN(C)C)ccc(C(=O)Nc2c[nH]c3ccc(Cc4cc(F)cc(F)c4)cc23)c1NC1CCOCC1. The molecule has 0 bridgehead atoms. The molecule has 1 fully saturated rings. The number of amides is 1. The van der Waals surface area contributed by atoms with Crippen LogP contribution in [0.5, 0.6) is 0 Å². The van der Waals surface area contributed by atoms with Crippen LogP contribution in [0.15, 0.2) is 54.7 Å². The van der Waals surface area contributed by atoms with Crippen molar-refractivity contribution in [1.29, 1.82) is 0 Å². The molecule has 2 heterocycles. The maximum atomic E-state index is 13.8. The Morgan fingerprint density at radius 2 is 1.76 bits per heavy atom. The first-order chi connectivity index (χ1) is 19.8. The lowest BCUT2D eigenvalue weighted by molar-refractivity contribution is 0.0904. The quantitative estimate of drug-likeness (QED) is 0.190. The van der Waals surface area contributed by atoms with Crippen molar-refractivity contribution < 1.29 is 18.3 Å². The third-order valence-electron chi connectivity index (χ3n) is 7.51. The molecule has 0 aliphatic carbocycles. The van der Waals surface area contributed by atoms with E-state index in [1.54, 1.807) is 6.20 Å². The molecule has 4 N–H and O–H groups in total. The fourth-order valence-corrected chi connectivity index (χ4v) is 5.39. The van der Waals surface area contributed by atoms with E-state index in [1.165, 1.54) is 12.1 Å². The summed E-state index contributed by atoms with van der Waals surface area (Å²) < 4.78 is 33.0. The smallest absolute Gasteiger partial charge is 0.257 e. The number of nitrogens with zero attached hydrogens (tertiary/aromatic N) is 1. The summed E-state index contributed by atoms with van der Waals surface area (Å²) in [6, 6.07) is 13.4. The first kappa shape index (κ1) is 28.6. The van der Waals surface area contributed by atoms with Crippen LogP contribution in [0.3, 0.4) is 0 Å². The van der Waals surface area contributed by atoms with Crippen molar-refractivity contribution in [2.45, 2.75) is 31.7 Å². The van der Waals surface area contributed by atoms with Gasteiger partial charge in [-0.05, 0) is 86.8 Å². The topological polar surface area (TPSA) is 81.4 Å². The van der Waals surface area contributed by atoms with Crippen LogP contribution in [0.1, 0.15) is 39.9 Å². The average molecular weight is 562 g/mol. The van der Waals surface area contributed by atoms with E-state index >= 15 is 0 Å². The lowest BCUT2D eigenvalue weighted by Crippen LogP contribution is -2.29. The molecule has 216 valence electrons. The molecule has 0 radical (unpaired) electrons. The van der Waals surface area contributed by atoms with Crippen LogP contribution in [0.25, 0.3) is 10.9 Å². The van der Waals surface area contributed by atoms with Crippen LogP contribution in [-0.4, -0.2) is 62.7 Å². The van der Waals surface area contributed by atoms with Crippen molar-refractivity contribution in [3.05, 3.63) is 88.6 Å². The molecule has 5 rings (SSSR count). The number of benzene rings is 3. The van der Waals surface area contributed by atoms with Gasteiger partial charge in [0.1, 0.15) is 11.6 Å². The molecule has 1 saturated heterocycles. The van der Waals surface area contributed by atoms with Gasteiger partial charge in [-0.1, -0.05) is 12.1 Å². The molecule has 0 spiro atoms. The fourth-order valence-electron chi connectivity index (χ4n) is 5.39. The first-order valence-electron chi connectivity index (χ1n) is 14.0. The molecule has 1 amide bonds. The predicted molar refractivity (Wildman–Crippen MR) is 161 cm³/mol. The number of aromatic nitrogens is 1. The number of halogens is 2. The van der Waals surface area contributed by atoms with Gasteiger partial charge in [0.2, 0.25) is 0 Å². The van der Waals surface area contributed by atoms with Gasteiger partial charge < -0.3 is 30.6 Å². The molecule has 0 saturated carbocycles. The van der Waals surface area contributed by atoms with E-state index in [4.69, 9.17) is 4.74 Å². The van der Waals surface area contributed by atoms with E-state index in [-0.39, 0.29) is 11.9 Å². The minimum atomic E-state index is -0.602. The van der Waals surface area contributed by atoms with Gasteiger partial charge in [0, 0.05) is 56.0 Å². The van der Waals surface area contributed by atoms with Crippen LogP contribution < -0.4 is 16.0 Å². The van der Waals surface area contributed by atoms with Crippen LogP contribution in [0.2, 0.25) is 0 Å². The molecule has 41 heavy (non-hydrogen) atoms. The molecule has 1 aromatic heterocycles. The average Bonchev–Trinajstić information content (AvgIpc) is 3.33. The third-order valence-corrected chi connectivity index (χ3v) is 7.51. The summed E-state index contributed by atoms with van der Waals surface area (Å²) in [6.07, 6.45) is 4.71. The van der Waals surface area contributed by atoms with E-state index in [9.17, 15) is 13.6 Å². The Balaban J connectivity index is 1.44. The van der Waals surface area contributed by atoms with Gasteiger partial charge in [-0.25, -0.2) is 8.78 Å². The number of hydrogen-bond donors (Lipinski definition) is 4. The maximum absolute atomic E-state index is 13.8. The van der Waals surface area contributed by atoms with Gasteiger partial charge in [-0.2, -0.15) is 0 Å². The van der Waals surface area contributed by atoms with Crippen molar-refractivity contribution >= 4 is 33.9 Å². The molecule has 0 unspecified atom stereocenters. The van der Waals surface area contributed by atoms with Gasteiger partial charge in [0.25, 0.3) is 5.91 Å². The van der Waals surface area contributed by atoms with Crippen LogP contribution in [-0.2, 0) is 17.6 Å². The van der Waals surface area contributed by atoms with E-state index in [0.717, 1.165) is 65.3 Å². The second-order valence-electron chi connectivity index (χ2n) is 10.8. The summed E-state index contributed by atoms with van der Waals surface area (Å²) in [7, 11) is 5.98. The number of fused-ring (bicyclic) bond motifs is 1. The summed E-state index contributed by atoms with van der Waals surface area (Å²) >= 11 is 0. The fraction of sp³-hybridized carbons (Fsp3) is 0.344. The standard InChI is InChI=1S/C32H37F2N5O2/c1-35-30-22(8-11-39(2)3)5-6-26(31(30)37-25-9-12-41-13-10-25)32(40)38-29-19-36-28-7-4-20(17-27(28)29)14-21-15-23(33)18-24(34)16-21/h4-7,15-19,25,35-37H,8-14H2,1-3H3,(H,38,40). The number of ether oxygens (including phenoxy) is 1. The lowest BCUT2D eigenvalue weighted by atomic mass is 10.00. The number of carbonyl (C=O) groups excluding carboxylic acids is 1. The Morgan fingerprint density at radius 3 is 2.46 bits per heavy atom. The largest absolute Gasteiger partial charge is 0.386 e. The second kappa shape index (κ2) is 12.7. The van der Waals surface area contributed by atoms with Crippen LogP contribution in [0.4, 0.5) is 25.8 Å². The number of rotatable bonds is 10. The Kier molecular flexibility index (Phi) is 8.85. The van der Waals surface area contributed by atoms with Crippen molar-refractivity contribution in [3.8, 4) is 0 Å². The lowest BCUT2D eigenvalue weighted by Gasteiger charge is -2.28. The van der Waals surface area contributed by atoms with Gasteiger partial charge in [-0.15, -0.1) is 0 Å². The van der Waals surface area contributed by atoms with Crippen molar-refractivity contribution in [3.63, 3.8) is 0 Å². The van der Waals surface area contributed by atoms with E-state index in [2.05, 4.69) is 25.8 Å². The minimum Gasteiger partial charge on any atom is -0.386 e. The summed E-state index contributed by atoms with van der Waals surface area (Å²) in [5.74, 6) is -1.43. The Morgan fingerprint density at radius 1 is 1.00 bits per heavy atom. The van der Waals surface area contributed by atoms with Gasteiger partial charge in [-0.3, -0.25) is 4.79 Å². The summed E-state index contributed by atoms with van der Waals surface area (Å²) in [6.45, 7) is 2.26. The zero-order valence-corrected chi connectivity index (χ0v) is 23.7. The number of H-pyrrole nitrogens is 1. The number of anilines is 3. The van der Waals surface area contributed by atoms with Crippen LogP contribution >= 0.6 is 0 Å². The monoisotopic (exact) mass is 561 g/mol. The minimum absolute atomic E-state index is 0.204. The molecule has 9 heteroatoms. The van der Waals surface area contributed by atoms with Gasteiger partial charge in [0.15, 0.2) is 0 Å². The summed E-state index contributed by atoms with van der Waals surface area (Å²) in [5.41, 5.74) is 6.31. The zero-order chi connectivity index (χ0) is 28.9. The molecule has 4 aromatic rings. The molecule has 3 aromatic carbocycles. The number of carbonyl (C=O) groups is 1. The summed E-state index contributed by atoms with van der Waals surface area (Å²) in [4.78, 5) is 19.2. The Bertz CT molecular complexity index is 1510. The number of hydrogen-bond acceptors (Lipinski definition) is 5. The van der Waals surface area contributed by atoms with Crippen molar-refractivity contribution in [2.75, 3.05) is 56.9 Å².